The fraction of sp³-hybridized carbons (Fsp3) is 0.400. The minimum atomic E-state index is 0.0185. The number of hydrogen-bond donors (Lipinski definition) is 1. The molecule has 3 atom stereocenters. The molecule has 2 aliphatic heterocycles. The second-order valence-electron chi connectivity index (χ2n) is 8.87. The van der Waals surface area contributed by atoms with Crippen molar-refractivity contribution in [3.8, 4) is 0 Å². The SMILES string of the molecule is CC1CN(C(N)=Nc2ccc3c(=O)n4c(nc3c2)C(c2ccccc2)CCC4)CC(C)O1. The smallest absolute Gasteiger partial charge is 0.261 e. The Bertz CT molecular complexity index is 1210. The maximum absolute atomic E-state index is 13.2. The molecule has 0 aliphatic carbocycles. The highest BCUT2D eigenvalue weighted by molar-refractivity contribution is 5.85. The summed E-state index contributed by atoms with van der Waals surface area (Å²) in [5, 5.41) is 0.619. The summed E-state index contributed by atoms with van der Waals surface area (Å²) >= 11 is 0. The molecule has 7 heteroatoms. The molecule has 2 aliphatic rings. The van der Waals surface area contributed by atoms with Crippen LogP contribution in [0.5, 0.6) is 0 Å². The largest absolute Gasteiger partial charge is 0.372 e. The summed E-state index contributed by atoms with van der Waals surface area (Å²) in [4.78, 5) is 24.9. The van der Waals surface area contributed by atoms with E-state index in [2.05, 4.69) is 17.1 Å². The topological polar surface area (TPSA) is 85.7 Å². The van der Waals surface area contributed by atoms with Crippen LogP contribution in [0.15, 0.2) is 58.3 Å². The van der Waals surface area contributed by atoms with Crippen molar-refractivity contribution >= 4 is 22.5 Å². The van der Waals surface area contributed by atoms with Crippen LogP contribution in [0.4, 0.5) is 5.69 Å². The first-order valence-electron chi connectivity index (χ1n) is 11.3. The normalized spacial score (nSPS) is 23.9. The van der Waals surface area contributed by atoms with E-state index >= 15 is 0 Å². The lowest BCUT2D eigenvalue weighted by Crippen LogP contribution is -2.50. The van der Waals surface area contributed by atoms with Crippen LogP contribution in [-0.4, -0.2) is 45.7 Å². The minimum absolute atomic E-state index is 0.0185. The summed E-state index contributed by atoms with van der Waals surface area (Å²) < 4.78 is 7.63. The number of guanidine groups is 1. The van der Waals surface area contributed by atoms with Crippen molar-refractivity contribution in [2.75, 3.05) is 13.1 Å². The molecule has 3 heterocycles. The molecule has 166 valence electrons. The number of fused-ring (bicyclic) bond motifs is 2. The van der Waals surface area contributed by atoms with Crippen LogP contribution < -0.4 is 11.3 Å². The van der Waals surface area contributed by atoms with Gasteiger partial charge in [0.15, 0.2) is 5.96 Å². The molecule has 0 radical (unpaired) electrons. The quantitative estimate of drug-likeness (QED) is 0.497. The Morgan fingerprint density at radius 2 is 1.88 bits per heavy atom. The lowest BCUT2D eigenvalue weighted by molar-refractivity contribution is -0.0483. The van der Waals surface area contributed by atoms with Gasteiger partial charge in [-0.3, -0.25) is 9.36 Å². The lowest BCUT2D eigenvalue weighted by Gasteiger charge is -2.35. The second kappa shape index (κ2) is 8.39. The molecular formula is C25H29N5O2. The first-order valence-corrected chi connectivity index (χ1v) is 11.3. The van der Waals surface area contributed by atoms with E-state index in [4.69, 9.17) is 15.5 Å². The van der Waals surface area contributed by atoms with Gasteiger partial charge in [0.05, 0.1) is 28.8 Å². The molecule has 5 rings (SSSR count). The van der Waals surface area contributed by atoms with Gasteiger partial charge in [-0.1, -0.05) is 30.3 Å². The van der Waals surface area contributed by atoms with E-state index in [0.717, 1.165) is 18.7 Å². The van der Waals surface area contributed by atoms with Gasteiger partial charge < -0.3 is 15.4 Å². The minimum Gasteiger partial charge on any atom is -0.372 e. The average Bonchev–Trinajstić information content (AvgIpc) is 2.79. The number of ether oxygens (including phenoxy) is 1. The predicted octanol–water partition coefficient (Wildman–Crippen LogP) is 3.38. The van der Waals surface area contributed by atoms with Gasteiger partial charge in [0, 0.05) is 25.6 Å². The molecule has 2 N–H and O–H groups in total. The van der Waals surface area contributed by atoms with Crippen LogP contribution in [0.2, 0.25) is 0 Å². The Balaban J connectivity index is 1.54. The molecule has 1 aromatic heterocycles. The van der Waals surface area contributed by atoms with Crippen molar-refractivity contribution in [1.29, 1.82) is 0 Å². The maximum Gasteiger partial charge on any atom is 0.261 e. The first kappa shape index (κ1) is 20.7. The van der Waals surface area contributed by atoms with Crippen LogP contribution in [-0.2, 0) is 11.3 Å². The average molecular weight is 432 g/mol. The number of rotatable bonds is 2. The van der Waals surface area contributed by atoms with Crippen molar-refractivity contribution in [3.05, 3.63) is 70.3 Å². The van der Waals surface area contributed by atoms with Crippen LogP contribution in [0.3, 0.4) is 0 Å². The fourth-order valence-electron chi connectivity index (χ4n) is 4.93. The second-order valence-corrected chi connectivity index (χ2v) is 8.87. The monoisotopic (exact) mass is 431 g/mol. The molecule has 0 amide bonds. The molecular weight excluding hydrogens is 402 g/mol. The Morgan fingerprint density at radius 3 is 2.62 bits per heavy atom. The standard InChI is InChI=1S/C25H29N5O2/c1-16-14-29(15-17(2)32-16)25(26)27-19-10-11-21-22(13-19)28-23-20(18-7-4-3-5-8-18)9-6-12-30(23)24(21)31/h3-5,7-8,10-11,13,16-17,20H,6,9,12,14-15H2,1-2H3,(H2,26,27). The molecule has 3 unspecified atom stereocenters. The molecule has 0 saturated carbocycles. The highest BCUT2D eigenvalue weighted by Crippen LogP contribution is 2.32. The maximum atomic E-state index is 13.2. The number of hydrogen-bond acceptors (Lipinski definition) is 4. The molecule has 0 spiro atoms. The lowest BCUT2D eigenvalue weighted by atomic mass is 9.90. The molecule has 32 heavy (non-hydrogen) atoms. The number of morpholine rings is 1. The first-order chi connectivity index (χ1) is 15.5. The highest BCUT2D eigenvalue weighted by Gasteiger charge is 2.26. The molecule has 3 aromatic rings. The highest BCUT2D eigenvalue weighted by atomic mass is 16.5. The van der Waals surface area contributed by atoms with Crippen molar-refractivity contribution in [2.24, 2.45) is 10.7 Å². The van der Waals surface area contributed by atoms with E-state index in [9.17, 15) is 4.79 Å². The Morgan fingerprint density at radius 1 is 1.12 bits per heavy atom. The van der Waals surface area contributed by atoms with Gasteiger partial charge in [-0.25, -0.2) is 9.98 Å². The van der Waals surface area contributed by atoms with Crippen molar-refractivity contribution in [1.82, 2.24) is 14.5 Å². The zero-order valence-corrected chi connectivity index (χ0v) is 18.6. The van der Waals surface area contributed by atoms with Crippen molar-refractivity contribution in [2.45, 2.75) is 51.4 Å². The summed E-state index contributed by atoms with van der Waals surface area (Å²) in [6.07, 6.45) is 2.16. The zero-order valence-electron chi connectivity index (χ0n) is 18.6. The number of benzene rings is 2. The van der Waals surface area contributed by atoms with Gasteiger partial charge in [0.25, 0.3) is 5.56 Å². The van der Waals surface area contributed by atoms with Crippen LogP contribution in [0.1, 0.15) is 44.0 Å². The van der Waals surface area contributed by atoms with Gasteiger partial charge in [0.2, 0.25) is 0 Å². The summed E-state index contributed by atoms with van der Waals surface area (Å²) in [7, 11) is 0. The molecule has 0 bridgehead atoms. The van der Waals surface area contributed by atoms with E-state index in [1.54, 1.807) is 0 Å². The zero-order chi connectivity index (χ0) is 22.2. The van der Waals surface area contributed by atoms with Crippen LogP contribution in [0.25, 0.3) is 10.9 Å². The van der Waals surface area contributed by atoms with Crippen LogP contribution in [0, 0.1) is 0 Å². The number of aromatic nitrogens is 2. The molecule has 2 aromatic carbocycles. The number of nitrogens with zero attached hydrogens (tertiary/aromatic N) is 4. The fourth-order valence-corrected chi connectivity index (χ4v) is 4.93. The predicted molar refractivity (Wildman–Crippen MR) is 126 cm³/mol. The van der Waals surface area contributed by atoms with Crippen LogP contribution >= 0.6 is 0 Å². The molecule has 1 saturated heterocycles. The Kier molecular flexibility index (Phi) is 5.43. The van der Waals surface area contributed by atoms with E-state index in [1.165, 1.54) is 5.56 Å². The van der Waals surface area contributed by atoms with E-state index < -0.39 is 0 Å². The third kappa shape index (κ3) is 3.88. The number of aliphatic imine (C=N–C) groups is 1. The van der Waals surface area contributed by atoms with E-state index in [1.807, 2.05) is 59.7 Å². The van der Waals surface area contributed by atoms with Gasteiger partial charge in [-0.05, 0) is 50.5 Å². The summed E-state index contributed by atoms with van der Waals surface area (Å²) in [5.74, 6) is 1.42. The molecule has 1 fully saturated rings. The third-order valence-corrected chi connectivity index (χ3v) is 6.34. The van der Waals surface area contributed by atoms with Gasteiger partial charge in [0.1, 0.15) is 5.82 Å². The molecule has 7 nitrogen and oxygen atoms in total. The summed E-state index contributed by atoms with van der Waals surface area (Å²) in [6, 6.07) is 15.8. The summed E-state index contributed by atoms with van der Waals surface area (Å²) in [6.45, 7) is 6.20. The van der Waals surface area contributed by atoms with Gasteiger partial charge >= 0.3 is 0 Å². The van der Waals surface area contributed by atoms with E-state index in [0.29, 0.717) is 42.2 Å². The summed E-state index contributed by atoms with van der Waals surface area (Å²) in [5.41, 5.74) is 8.90. The Labute approximate surface area is 187 Å². The van der Waals surface area contributed by atoms with Gasteiger partial charge in [-0.2, -0.15) is 0 Å². The van der Waals surface area contributed by atoms with E-state index in [-0.39, 0.29) is 23.7 Å². The van der Waals surface area contributed by atoms with Crippen molar-refractivity contribution in [3.63, 3.8) is 0 Å². The Hall–Kier alpha value is -3.19. The number of nitrogens with two attached hydrogens (primary N) is 1. The van der Waals surface area contributed by atoms with Gasteiger partial charge in [-0.15, -0.1) is 0 Å². The van der Waals surface area contributed by atoms with Crippen molar-refractivity contribution < 1.29 is 4.74 Å². The third-order valence-electron chi connectivity index (χ3n) is 6.34.